The maximum atomic E-state index is 2.75. The molecule has 0 saturated carbocycles. The zero-order valence-corrected chi connectivity index (χ0v) is 18.7. The maximum Gasteiger partial charge on any atom is 0.00669 e. The van der Waals surface area contributed by atoms with Crippen molar-refractivity contribution in [3.05, 3.63) is 0 Å². The zero-order chi connectivity index (χ0) is 18.9. The molecule has 0 fully saturated rings. The van der Waals surface area contributed by atoms with E-state index < -0.39 is 0 Å². The molecule has 0 heterocycles. The minimum absolute atomic E-state index is 0.703. The van der Waals surface area contributed by atoms with Crippen LogP contribution in [0.1, 0.15) is 112 Å². The van der Waals surface area contributed by atoms with Gasteiger partial charge in [-0.05, 0) is 79.1 Å². The molecule has 2 heteroatoms. The van der Waals surface area contributed by atoms with E-state index in [4.69, 9.17) is 0 Å². The fraction of sp³-hybridized carbons (Fsp3) is 1.00. The lowest BCUT2D eigenvalue weighted by molar-refractivity contribution is 0.186. The molecule has 152 valence electrons. The molecule has 0 aliphatic rings. The molecule has 0 aliphatic carbocycles. The molecule has 1 atom stereocenters. The van der Waals surface area contributed by atoms with Gasteiger partial charge in [-0.2, -0.15) is 0 Å². The second-order valence-electron chi connectivity index (χ2n) is 8.28. The van der Waals surface area contributed by atoms with Crippen LogP contribution < -0.4 is 0 Å². The molecule has 1 unspecified atom stereocenters. The van der Waals surface area contributed by atoms with Crippen LogP contribution >= 0.6 is 0 Å². The first-order chi connectivity index (χ1) is 12.1. The van der Waals surface area contributed by atoms with Crippen LogP contribution in [0.4, 0.5) is 0 Å². The molecule has 0 rings (SSSR count). The highest BCUT2D eigenvalue weighted by Gasteiger charge is 2.13. The van der Waals surface area contributed by atoms with E-state index in [-0.39, 0.29) is 0 Å². The summed E-state index contributed by atoms with van der Waals surface area (Å²) < 4.78 is 0. The van der Waals surface area contributed by atoms with Crippen molar-refractivity contribution < 1.29 is 0 Å². The maximum absolute atomic E-state index is 2.75. The normalized spacial score (nSPS) is 13.3. The summed E-state index contributed by atoms with van der Waals surface area (Å²) >= 11 is 0. The third-order valence-corrected chi connectivity index (χ3v) is 5.57. The highest BCUT2D eigenvalue weighted by atomic mass is 15.1. The predicted octanol–water partition coefficient (Wildman–Crippen LogP) is 6.74. The Kier molecular flexibility index (Phi) is 17.3. The number of hydrogen-bond donors (Lipinski definition) is 0. The smallest absolute Gasteiger partial charge is 0.00669 e. The molecular weight excluding hydrogens is 304 g/mol. The number of unbranched alkanes of at least 4 members (excludes halogenated alkanes) is 6. The fourth-order valence-corrected chi connectivity index (χ4v) is 3.58. The number of nitrogens with zero attached hydrogens (tertiary/aromatic N) is 2. The number of hydrogen-bond acceptors (Lipinski definition) is 2. The van der Waals surface area contributed by atoms with Gasteiger partial charge in [-0.15, -0.1) is 0 Å². The van der Waals surface area contributed by atoms with E-state index in [1.165, 1.54) is 96.8 Å². The van der Waals surface area contributed by atoms with Crippen LogP contribution in [0.3, 0.4) is 0 Å². The minimum Gasteiger partial charge on any atom is -0.301 e. The van der Waals surface area contributed by atoms with Crippen LogP contribution in [-0.4, -0.2) is 48.1 Å². The lowest BCUT2D eigenvalue weighted by Crippen LogP contribution is -2.35. The summed E-state index contributed by atoms with van der Waals surface area (Å²) in [5.41, 5.74) is 0. The van der Waals surface area contributed by atoms with E-state index in [1.54, 1.807) is 0 Å². The van der Waals surface area contributed by atoms with E-state index in [0.29, 0.717) is 6.04 Å². The first kappa shape index (κ1) is 24.9. The molecule has 0 radical (unpaired) electrons. The van der Waals surface area contributed by atoms with Gasteiger partial charge in [-0.25, -0.2) is 0 Å². The van der Waals surface area contributed by atoms with E-state index >= 15 is 0 Å². The molecule has 0 spiro atoms. The average Bonchev–Trinajstić information content (AvgIpc) is 2.59. The van der Waals surface area contributed by atoms with Gasteiger partial charge in [0.15, 0.2) is 0 Å². The minimum atomic E-state index is 0.703. The molecule has 0 aliphatic heterocycles. The van der Waals surface area contributed by atoms with E-state index in [9.17, 15) is 0 Å². The van der Waals surface area contributed by atoms with Gasteiger partial charge in [-0.1, -0.05) is 59.3 Å². The van der Waals surface area contributed by atoms with Crippen molar-refractivity contribution in [1.29, 1.82) is 0 Å². The highest BCUT2D eigenvalue weighted by molar-refractivity contribution is 4.68. The Hall–Kier alpha value is -0.0800. The van der Waals surface area contributed by atoms with Crippen molar-refractivity contribution in [3.8, 4) is 0 Å². The third-order valence-electron chi connectivity index (χ3n) is 5.57. The van der Waals surface area contributed by atoms with Crippen LogP contribution in [-0.2, 0) is 0 Å². The number of rotatable bonds is 18. The standard InChI is InChI=1S/C23H50N2/c1-7-10-15-20-24(22(4)5)21-16-13-14-17-23(6)25(18-11-8-2)19-12-9-3/h22-23H,7-21H2,1-6H3. The Balaban J connectivity index is 3.96. The summed E-state index contributed by atoms with van der Waals surface area (Å²) in [6.45, 7) is 19.3. The zero-order valence-electron chi connectivity index (χ0n) is 18.7. The summed E-state index contributed by atoms with van der Waals surface area (Å²) in [6.07, 6.45) is 15.0. The molecular formula is C23H50N2. The van der Waals surface area contributed by atoms with Gasteiger partial charge >= 0.3 is 0 Å². The van der Waals surface area contributed by atoms with Crippen molar-refractivity contribution in [2.45, 2.75) is 124 Å². The summed E-state index contributed by atoms with van der Waals surface area (Å²) in [5, 5.41) is 0. The molecule has 0 saturated heterocycles. The van der Waals surface area contributed by atoms with Crippen LogP contribution in [0.5, 0.6) is 0 Å². The van der Waals surface area contributed by atoms with Gasteiger partial charge in [-0.3, -0.25) is 0 Å². The molecule has 0 aromatic rings. The van der Waals surface area contributed by atoms with Crippen molar-refractivity contribution in [2.75, 3.05) is 26.2 Å². The second-order valence-corrected chi connectivity index (χ2v) is 8.28. The summed E-state index contributed by atoms with van der Waals surface area (Å²) in [5.74, 6) is 0. The van der Waals surface area contributed by atoms with Crippen LogP contribution in [0.2, 0.25) is 0 Å². The molecule has 0 N–H and O–H groups in total. The average molecular weight is 355 g/mol. The Bertz CT molecular complexity index is 257. The topological polar surface area (TPSA) is 6.48 Å². The largest absolute Gasteiger partial charge is 0.301 e. The molecule has 0 aromatic carbocycles. The Morgan fingerprint density at radius 3 is 1.48 bits per heavy atom. The SMILES string of the molecule is CCCCCN(CCCCCC(C)N(CCCC)CCCC)C(C)C. The van der Waals surface area contributed by atoms with Gasteiger partial charge in [0.2, 0.25) is 0 Å². The molecule has 0 amide bonds. The summed E-state index contributed by atoms with van der Waals surface area (Å²) in [7, 11) is 0. The molecule has 2 nitrogen and oxygen atoms in total. The Morgan fingerprint density at radius 1 is 0.520 bits per heavy atom. The monoisotopic (exact) mass is 354 g/mol. The van der Waals surface area contributed by atoms with Gasteiger partial charge in [0.1, 0.15) is 0 Å². The van der Waals surface area contributed by atoms with Gasteiger partial charge in [0, 0.05) is 12.1 Å². The van der Waals surface area contributed by atoms with Crippen LogP contribution in [0.15, 0.2) is 0 Å². The Morgan fingerprint density at radius 2 is 1.00 bits per heavy atom. The van der Waals surface area contributed by atoms with E-state index in [1.807, 2.05) is 0 Å². The first-order valence-electron chi connectivity index (χ1n) is 11.5. The van der Waals surface area contributed by atoms with Gasteiger partial charge in [0.25, 0.3) is 0 Å². The molecule has 0 aromatic heterocycles. The van der Waals surface area contributed by atoms with E-state index in [2.05, 4.69) is 51.3 Å². The van der Waals surface area contributed by atoms with Crippen molar-refractivity contribution in [2.24, 2.45) is 0 Å². The van der Waals surface area contributed by atoms with Crippen LogP contribution in [0, 0.1) is 0 Å². The quantitative estimate of drug-likeness (QED) is 0.251. The third kappa shape index (κ3) is 13.7. The van der Waals surface area contributed by atoms with E-state index in [0.717, 1.165) is 6.04 Å². The van der Waals surface area contributed by atoms with Crippen molar-refractivity contribution >= 4 is 0 Å². The second kappa shape index (κ2) is 17.3. The highest BCUT2D eigenvalue weighted by Crippen LogP contribution is 2.13. The van der Waals surface area contributed by atoms with Gasteiger partial charge in [0.05, 0.1) is 0 Å². The van der Waals surface area contributed by atoms with Crippen molar-refractivity contribution in [1.82, 2.24) is 9.80 Å². The van der Waals surface area contributed by atoms with Crippen LogP contribution in [0.25, 0.3) is 0 Å². The lowest BCUT2D eigenvalue weighted by Gasteiger charge is -2.29. The summed E-state index contributed by atoms with van der Waals surface area (Å²) in [6, 6.07) is 1.47. The first-order valence-corrected chi connectivity index (χ1v) is 11.5. The Labute approximate surface area is 160 Å². The molecule has 0 bridgehead atoms. The predicted molar refractivity (Wildman–Crippen MR) is 116 cm³/mol. The van der Waals surface area contributed by atoms with Gasteiger partial charge < -0.3 is 9.80 Å². The molecule has 25 heavy (non-hydrogen) atoms. The summed E-state index contributed by atoms with van der Waals surface area (Å²) in [4.78, 5) is 5.44. The fourth-order valence-electron chi connectivity index (χ4n) is 3.58. The van der Waals surface area contributed by atoms with Crippen molar-refractivity contribution in [3.63, 3.8) is 0 Å². The lowest BCUT2D eigenvalue weighted by atomic mass is 10.1.